The summed E-state index contributed by atoms with van der Waals surface area (Å²) in [4.78, 5) is 4.31. The summed E-state index contributed by atoms with van der Waals surface area (Å²) in [6, 6.07) is 2.29. The number of pyridine rings is 1. The molecule has 17 heavy (non-hydrogen) atoms. The summed E-state index contributed by atoms with van der Waals surface area (Å²) in [5, 5.41) is 3.62. The maximum atomic E-state index is 4.31. The minimum absolute atomic E-state index is 0.227. The van der Waals surface area contributed by atoms with Crippen molar-refractivity contribution in [3.05, 3.63) is 29.6 Å². The van der Waals surface area contributed by atoms with Crippen LogP contribution in [0.2, 0.25) is 0 Å². The van der Waals surface area contributed by atoms with E-state index in [0.717, 1.165) is 18.4 Å². The lowest BCUT2D eigenvalue weighted by Gasteiger charge is -2.39. The minimum Gasteiger partial charge on any atom is -0.312 e. The molecule has 94 valence electrons. The molecular formula is C15H24N2. The molecule has 1 N–H and O–H groups in total. The van der Waals surface area contributed by atoms with E-state index in [-0.39, 0.29) is 5.54 Å². The molecule has 1 aliphatic carbocycles. The van der Waals surface area contributed by atoms with Crippen molar-refractivity contribution in [1.82, 2.24) is 10.3 Å². The van der Waals surface area contributed by atoms with Gasteiger partial charge < -0.3 is 5.32 Å². The third-order valence-corrected chi connectivity index (χ3v) is 3.64. The molecule has 1 heterocycles. The van der Waals surface area contributed by atoms with Crippen molar-refractivity contribution in [2.45, 2.75) is 52.0 Å². The summed E-state index contributed by atoms with van der Waals surface area (Å²) < 4.78 is 0. The Bertz CT molecular complexity index is 379. The van der Waals surface area contributed by atoms with Gasteiger partial charge in [0, 0.05) is 17.9 Å². The van der Waals surface area contributed by atoms with E-state index in [1.165, 1.54) is 24.0 Å². The molecule has 0 radical (unpaired) electrons. The Morgan fingerprint density at radius 2 is 2.06 bits per heavy atom. The van der Waals surface area contributed by atoms with Crippen LogP contribution >= 0.6 is 0 Å². The number of rotatable bonds is 3. The molecule has 2 rings (SSSR count). The van der Waals surface area contributed by atoms with Crippen molar-refractivity contribution in [3.63, 3.8) is 0 Å². The Morgan fingerprint density at radius 1 is 1.29 bits per heavy atom. The number of nitrogens with zero attached hydrogens (tertiary/aromatic N) is 1. The highest BCUT2D eigenvalue weighted by atomic mass is 14.9. The summed E-state index contributed by atoms with van der Waals surface area (Å²) in [6.45, 7) is 9.94. The topological polar surface area (TPSA) is 24.9 Å². The molecule has 0 spiro atoms. The molecule has 2 nitrogen and oxygen atoms in total. The number of hydrogen-bond acceptors (Lipinski definition) is 2. The summed E-state index contributed by atoms with van der Waals surface area (Å²) in [6.07, 6.45) is 6.65. The van der Waals surface area contributed by atoms with E-state index in [1.807, 2.05) is 12.4 Å². The molecule has 1 aromatic rings. The van der Waals surface area contributed by atoms with Crippen molar-refractivity contribution < 1.29 is 0 Å². The Kier molecular flexibility index (Phi) is 3.53. The molecule has 2 atom stereocenters. The Labute approximate surface area is 105 Å². The van der Waals surface area contributed by atoms with Gasteiger partial charge in [0.15, 0.2) is 0 Å². The normalized spacial score (nSPS) is 24.5. The second kappa shape index (κ2) is 4.77. The molecule has 0 saturated heterocycles. The van der Waals surface area contributed by atoms with Gasteiger partial charge in [-0.1, -0.05) is 6.07 Å². The largest absolute Gasteiger partial charge is 0.312 e. The van der Waals surface area contributed by atoms with E-state index in [1.54, 1.807) is 0 Å². The van der Waals surface area contributed by atoms with Crippen LogP contribution < -0.4 is 5.32 Å². The first-order valence-electron chi connectivity index (χ1n) is 6.62. The number of hydrogen-bond donors (Lipinski definition) is 1. The molecule has 2 heteroatoms. The van der Waals surface area contributed by atoms with Crippen molar-refractivity contribution in [3.8, 4) is 0 Å². The van der Waals surface area contributed by atoms with Crippen LogP contribution in [-0.4, -0.2) is 17.1 Å². The molecule has 1 aliphatic rings. The van der Waals surface area contributed by atoms with Crippen LogP contribution in [0, 0.1) is 12.8 Å². The van der Waals surface area contributed by atoms with E-state index >= 15 is 0 Å². The van der Waals surface area contributed by atoms with Gasteiger partial charge in [-0.3, -0.25) is 4.98 Å². The molecule has 2 unspecified atom stereocenters. The van der Waals surface area contributed by atoms with E-state index in [2.05, 4.69) is 44.1 Å². The average molecular weight is 232 g/mol. The van der Waals surface area contributed by atoms with Crippen LogP contribution in [0.5, 0.6) is 0 Å². The van der Waals surface area contributed by atoms with Gasteiger partial charge in [0.2, 0.25) is 0 Å². The second-order valence-corrected chi connectivity index (χ2v) is 6.37. The summed E-state index contributed by atoms with van der Waals surface area (Å²) in [5.41, 5.74) is 2.93. The fourth-order valence-electron chi connectivity index (χ4n) is 2.47. The van der Waals surface area contributed by atoms with Gasteiger partial charge in [-0.2, -0.15) is 0 Å². The third kappa shape index (κ3) is 3.29. The Hall–Kier alpha value is -0.890. The van der Waals surface area contributed by atoms with E-state index in [0.29, 0.717) is 0 Å². The first-order chi connectivity index (χ1) is 7.96. The van der Waals surface area contributed by atoms with Crippen LogP contribution in [-0.2, 0) is 0 Å². The summed E-state index contributed by atoms with van der Waals surface area (Å²) in [5.74, 6) is 1.51. The Morgan fingerprint density at radius 3 is 2.59 bits per heavy atom. The maximum Gasteiger partial charge on any atom is 0.0303 e. The van der Waals surface area contributed by atoms with E-state index in [9.17, 15) is 0 Å². The zero-order valence-corrected chi connectivity index (χ0v) is 11.5. The smallest absolute Gasteiger partial charge is 0.0303 e. The van der Waals surface area contributed by atoms with Crippen molar-refractivity contribution in [1.29, 1.82) is 0 Å². The molecule has 0 amide bonds. The van der Waals surface area contributed by atoms with Crippen LogP contribution in [0.25, 0.3) is 0 Å². The fraction of sp³-hybridized carbons (Fsp3) is 0.667. The first-order valence-corrected chi connectivity index (χ1v) is 6.62. The van der Waals surface area contributed by atoms with Crippen LogP contribution in [0.1, 0.15) is 50.7 Å². The lowest BCUT2D eigenvalue weighted by molar-refractivity contribution is 0.225. The van der Waals surface area contributed by atoms with Crippen molar-refractivity contribution in [2.24, 2.45) is 5.92 Å². The highest BCUT2D eigenvalue weighted by Crippen LogP contribution is 2.42. The van der Waals surface area contributed by atoms with Gasteiger partial charge in [0.25, 0.3) is 0 Å². The van der Waals surface area contributed by atoms with Gasteiger partial charge in [-0.25, -0.2) is 0 Å². The molecule has 0 bridgehead atoms. The van der Waals surface area contributed by atoms with Gasteiger partial charge in [-0.05, 0) is 70.0 Å². The quantitative estimate of drug-likeness (QED) is 0.865. The van der Waals surface area contributed by atoms with Gasteiger partial charge >= 0.3 is 0 Å². The minimum atomic E-state index is 0.227. The highest BCUT2D eigenvalue weighted by molar-refractivity contribution is 5.23. The Balaban J connectivity index is 1.95. The number of aryl methyl sites for hydroxylation is 1. The standard InChI is InChI=1S/C15H24N2/c1-11-7-13(9-16-8-11)14-6-5-12(14)10-17-15(2,3)4/h7-9,12,14,17H,5-6,10H2,1-4H3. The van der Waals surface area contributed by atoms with Gasteiger partial charge in [0.1, 0.15) is 0 Å². The SMILES string of the molecule is Cc1cncc(C2CCC2CNC(C)(C)C)c1. The van der Waals surface area contributed by atoms with Crippen LogP contribution in [0.15, 0.2) is 18.5 Å². The van der Waals surface area contributed by atoms with Crippen molar-refractivity contribution in [2.75, 3.05) is 6.54 Å². The molecule has 0 aliphatic heterocycles. The maximum absolute atomic E-state index is 4.31. The lowest BCUT2D eigenvalue weighted by atomic mass is 9.70. The zero-order chi connectivity index (χ0) is 12.5. The van der Waals surface area contributed by atoms with Gasteiger partial charge in [0.05, 0.1) is 0 Å². The van der Waals surface area contributed by atoms with Gasteiger partial charge in [-0.15, -0.1) is 0 Å². The van der Waals surface area contributed by atoms with Crippen LogP contribution in [0.3, 0.4) is 0 Å². The molecule has 0 aromatic carbocycles. The number of aromatic nitrogens is 1. The summed E-state index contributed by atoms with van der Waals surface area (Å²) >= 11 is 0. The fourth-order valence-corrected chi connectivity index (χ4v) is 2.47. The predicted molar refractivity (Wildman–Crippen MR) is 72.2 cm³/mol. The second-order valence-electron chi connectivity index (χ2n) is 6.37. The zero-order valence-electron chi connectivity index (χ0n) is 11.5. The summed E-state index contributed by atoms with van der Waals surface area (Å²) in [7, 11) is 0. The van der Waals surface area contributed by atoms with E-state index in [4.69, 9.17) is 0 Å². The molecule has 1 saturated carbocycles. The number of nitrogens with one attached hydrogen (secondary N) is 1. The molecule has 1 fully saturated rings. The van der Waals surface area contributed by atoms with Crippen molar-refractivity contribution >= 4 is 0 Å². The highest BCUT2D eigenvalue weighted by Gasteiger charge is 2.32. The van der Waals surface area contributed by atoms with E-state index < -0.39 is 0 Å². The first kappa shape index (κ1) is 12.6. The van der Waals surface area contributed by atoms with Crippen LogP contribution in [0.4, 0.5) is 0 Å². The molecular weight excluding hydrogens is 208 g/mol. The predicted octanol–water partition coefficient (Wildman–Crippen LogP) is 3.27. The lowest BCUT2D eigenvalue weighted by Crippen LogP contribution is -2.43. The molecule has 1 aromatic heterocycles. The average Bonchev–Trinajstić information content (AvgIpc) is 2.14. The third-order valence-electron chi connectivity index (χ3n) is 3.64. The monoisotopic (exact) mass is 232 g/mol.